The van der Waals surface area contributed by atoms with Gasteiger partial charge in [0.05, 0.1) is 11.5 Å². The van der Waals surface area contributed by atoms with Gasteiger partial charge in [0.25, 0.3) is 0 Å². The van der Waals surface area contributed by atoms with E-state index in [4.69, 9.17) is 13.6 Å². The van der Waals surface area contributed by atoms with Crippen LogP contribution in [0.1, 0.15) is 20.8 Å². The van der Waals surface area contributed by atoms with E-state index < -0.39 is 18.4 Å². The molecule has 23 heavy (non-hydrogen) atoms. The Morgan fingerprint density at radius 2 is 1.61 bits per heavy atom. The van der Waals surface area contributed by atoms with E-state index >= 15 is 0 Å². The van der Waals surface area contributed by atoms with Gasteiger partial charge in [0, 0.05) is 19.5 Å². The minimum atomic E-state index is -3.17. The summed E-state index contributed by atoms with van der Waals surface area (Å²) >= 11 is 0. The van der Waals surface area contributed by atoms with Crippen molar-refractivity contribution >= 4 is 18.4 Å². The second kappa shape index (κ2) is 8.82. The molecule has 132 valence electrons. The summed E-state index contributed by atoms with van der Waals surface area (Å²) in [5, 5.41) is 0. The predicted molar refractivity (Wildman–Crippen MR) is 93.9 cm³/mol. The molecule has 0 aliphatic rings. The van der Waals surface area contributed by atoms with E-state index in [9.17, 15) is 8.42 Å². The summed E-state index contributed by atoms with van der Waals surface area (Å²) < 4.78 is 40.3. The molecule has 0 heterocycles. The summed E-state index contributed by atoms with van der Waals surface area (Å²) in [6.07, 6.45) is 1.19. The molecule has 1 rings (SSSR count). The molecule has 0 aromatic heterocycles. The molecule has 0 fully saturated rings. The van der Waals surface area contributed by atoms with Crippen LogP contribution >= 0.6 is 0 Å². The molecule has 1 atom stereocenters. The van der Waals surface area contributed by atoms with Crippen LogP contribution in [0.4, 0.5) is 0 Å². The number of ether oxygens (including phenoxy) is 1. The van der Waals surface area contributed by atoms with Crippen LogP contribution in [0, 0.1) is 5.92 Å². The Labute approximate surface area is 141 Å². The molecule has 0 bridgehead atoms. The van der Waals surface area contributed by atoms with Gasteiger partial charge in [0.15, 0.2) is 9.84 Å². The van der Waals surface area contributed by atoms with E-state index in [1.807, 2.05) is 13.8 Å². The van der Waals surface area contributed by atoms with Gasteiger partial charge in [-0.1, -0.05) is 6.92 Å². The first-order valence-corrected chi connectivity index (χ1v) is 12.3. The minimum Gasteiger partial charge on any atom is -0.493 e. The summed E-state index contributed by atoms with van der Waals surface area (Å²) in [5.74, 6) is 0.958. The van der Waals surface area contributed by atoms with Crippen LogP contribution in [0.3, 0.4) is 0 Å². The predicted octanol–water partition coefficient (Wildman–Crippen LogP) is 3.25. The fourth-order valence-corrected chi connectivity index (χ4v) is 6.04. The molecule has 1 unspecified atom stereocenters. The van der Waals surface area contributed by atoms with Crippen LogP contribution in [-0.2, 0) is 18.7 Å². The quantitative estimate of drug-likeness (QED) is 0.599. The van der Waals surface area contributed by atoms with Crippen LogP contribution in [0.15, 0.2) is 29.2 Å². The topological polar surface area (TPSA) is 61.8 Å². The first-order valence-electron chi connectivity index (χ1n) is 7.91. The van der Waals surface area contributed by atoms with Gasteiger partial charge < -0.3 is 13.6 Å². The van der Waals surface area contributed by atoms with Crippen molar-refractivity contribution in [1.82, 2.24) is 0 Å². The molecule has 0 amide bonds. The van der Waals surface area contributed by atoms with E-state index in [-0.39, 0.29) is 0 Å². The van der Waals surface area contributed by atoms with Crippen molar-refractivity contribution in [3.8, 4) is 5.75 Å². The Bertz CT molecular complexity index is 565. The van der Waals surface area contributed by atoms with Crippen molar-refractivity contribution < 1.29 is 22.0 Å². The largest absolute Gasteiger partial charge is 0.493 e. The van der Waals surface area contributed by atoms with Crippen molar-refractivity contribution in [2.24, 2.45) is 5.92 Å². The highest BCUT2D eigenvalue weighted by molar-refractivity contribution is 7.90. The number of sulfone groups is 1. The minimum absolute atomic E-state index is 0.291. The third-order valence-corrected chi connectivity index (χ3v) is 7.77. The molecule has 7 heteroatoms. The van der Waals surface area contributed by atoms with Gasteiger partial charge in [-0.25, -0.2) is 8.42 Å². The second-order valence-corrected chi connectivity index (χ2v) is 11.1. The number of hydrogen-bond acceptors (Lipinski definition) is 5. The molecule has 0 saturated carbocycles. The maximum Gasteiger partial charge on any atom is 0.335 e. The van der Waals surface area contributed by atoms with Gasteiger partial charge in [-0.05, 0) is 56.6 Å². The van der Waals surface area contributed by atoms with Crippen molar-refractivity contribution in [2.75, 3.05) is 26.1 Å². The number of rotatable bonds is 10. The third-order valence-electron chi connectivity index (χ3n) is 3.40. The average molecular weight is 361 g/mol. The highest BCUT2D eigenvalue weighted by atomic mass is 32.2. The van der Waals surface area contributed by atoms with E-state index in [1.165, 1.54) is 6.26 Å². The zero-order valence-corrected chi connectivity index (χ0v) is 16.5. The molecule has 1 aromatic rings. The highest BCUT2D eigenvalue weighted by Crippen LogP contribution is 2.22. The van der Waals surface area contributed by atoms with Gasteiger partial charge >= 0.3 is 8.56 Å². The average Bonchev–Trinajstić information content (AvgIpc) is 2.45. The highest BCUT2D eigenvalue weighted by Gasteiger charge is 2.32. The van der Waals surface area contributed by atoms with E-state index in [1.54, 1.807) is 24.3 Å². The zero-order chi connectivity index (χ0) is 17.5. The van der Waals surface area contributed by atoms with E-state index in [2.05, 4.69) is 13.5 Å². The SMILES string of the molecule is CCO[Si](C)(CC(C)COc1ccc(S(C)(=O)=O)cc1)OCC. The maximum absolute atomic E-state index is 11.4. The smallest absolute Gasteiger partial charge is 0.335 e. The van der Waals surface area contributed by atoms with Gasteiger partial charge in [-0.2, -0.15) is 0 Å². The first kappa shape index (κ1) is 20.2. The monoisotopic (exact) mass is 360 g/mol. The van der Waals surface area contributed by atoms with Gasteiger partial charge in [-0.3, -0.25) is 0 Å². The molecule has 5 nitrogen and oxygen atoms in total. The summed E-state index contributed by atoms with van der Waals surface area (Å²) in [6.45, 7) is 10.0. The number of hydrogen-bond donors (Lipinski definition) is 0. The zero-order valence-electron chi connectivity index (χ0n) is 14.7. The standard InChI is InChI=1S/C16H28O5SSi/c1-6-20-23(5,21-7-2)13-14(3)12-19-15-8-10-16(11-9-15)22(4,17)18/h8-11,14H,6-7,12-13H2,1-5H3. The third kappa shape index (κ3) is 7.03. The summed E-state index contributed by atoms with van der Waals surface area (Å²) in [4.78, 5) is 0.297. The molecule has 0 N–H and O–H groups in total. The van der Waals surface area contributed by atoms with Crippen molar-refractivity contribution in [3.63, 3.8) is 0 Å². The molecule has 0 saturated heterocycles. The summed E-state index contributed by atoms with van der Waals surface area (Å²) in [5.41, 5.74) is 0. The van der Waals surface area contributed by atoms with E-state index in [0.29, 0.717) is 36.4 Å². The van der Waals surface area contributed by atoms with Crippen molar-refractivity contribution in [3.05, 3.63) is 24.3 Å². The first-order chi connectivity index (χ1) is 10.7. The molecule has 1 aromatic carbocycles. The Morgan fingerprint density at radius 3 is 2.04 bits per heavy atom. The lowest BCUT2D eigenvalue weighted by atomic mass is 10.2. The van der Waals surface area contributed by atoms with Crippen LogP contribution in [0.25, 0.3) is 0 Å². The fraction of sp³-hybridized carbons (Fsp3) is 0.625. The molecule has 0 radical (unpaired) electrons. The molecule has 0 aliphatic carbocycles. The summed E-state index contributed by atoms with van der Waals surface area (Å²) in [6, 6.07) is 7.36. The lowest BCUT2D eigenvalue weighted by Crippen LogP contribution is -2.41. The number of benzene rings is 1. The van der Waals surface area contributed by atoms with Crippen LogP contribution in [0.5, 0.6) is 5.75 Å². The van der Waals surface area contributed by atoms with Crippen molar-refractivity contribution in [2.45, 2.75) is 38.3 Å². The molecule has 0 spiro atoms. The van der Waals surface area contributed by atoms with Gasteiger partial charge in [0.1, 0.15) is 5.75 Å². The Kier molecular flexibility index (Phi) is 7.73. The Morgan fingerprint density at radius 1 is 1.09 bits per heavy atom. The lowest BCUT2D eigenvalue weighted by molar-refractivity contribution is 0.176. The van der Waals surface area contributed by atoms with Crippen LogP contribution < -0.4 is 4.74 Å². The Hall–Kier alpha value is -0.893. The summed E-state index contributed by atoms with van der Waals surface area (Å²) in [7, 11) is -5.31. The lowest BCUT2D eigenvalue weighted by Gasteiger charge is -2.28. The normalized spacial score (nSPS) is 13.8. The van der Waals surface area contributed by atoms with Gasteiger partial charge in [-0.15, -0.1) is 0 Å². The second-order valence-electron chi connectivity index (χ2n) is 5.86. The van der Waals surface area contributed by atoms with E-state index in [0.717, 1.165) is 6.04 Å². The molecule has 0 aliphatic heterocycles. The van der Waals surface area contributed by atoms with Crippen LogP contribution in [-0.4, -0.2) is 43.1 Å². The Balaban J connectivity index is 2.56. The molecular weight excluding hydrogens is 332 g/mol. The van der Waals surface area contributed by atoms with Crippen LogP contribution in [0.2, 0.25) is 12.6 Å². The maximum atomic E-state index is 11.4. The molecular formula is C16H28O5SSi. The van der Waals surface area contributed by atoms with Gasteiger partial charge in [0.2, 0.25) is 0 Å². The van der Waals surface area contributed by atoms with Crippen molar-refractivity contribution in [1.29, 1.82) is 0 Å². The fourth-order valence-electron chi connectivity index (χ4n) is 2.48.